The summed E-state index contributed by atoms with van der Waals surface area (Å²) < 4.78 is 25.7. The highest BCUT2D eigenvalue weighted by Gasteiger charge is 2.42. The highest BCUT2D eigenvalue weighted by atomic mass is 19.1. The van der Waals surface area contributed by atoms with Crippen LogP contribution in [0.3, 0.4) is 0 Å². The second kappa shape index (κ2) is 12.2. The Balaban J connectivity index is 1.54. The van der Waals surface area contributed by atoms with Crippen molar-refractivity contribution in [3.63, 3.8) is 0 Å². The van der Waals surface area contributed by atoms with Crippen LogP contribution in [0.4, 0.5) is 4.39 Å². The van der Waals surface area contributed by atoms with Crippen LogP contribution in [0.5, 0.6) is 0 Å². The Morgan fingerprint density at radius 2 is 1.95 bits per heavy atom. The first-order valence-corrected chi connectivity index (χ1v) is 13.9. The van der Waals surface area contributed by atoms with E-state index in [9.17, 15) is 29.3 Å². The third-order valence-electron chi connectivity index (χ3n) is 8.10. The molecule has 0 saturated carbocycles. The standard InChI is InChI=1S/C29H42FN3O7/c1-15(31-5)26(37)32-25(29(2,3)4)27(38)33-10-6-7-18(33)11-16-12-22(20-13-17(30)8-9-19(16)20)40-28-24(36)23(35)21(34)14-39-28/h8-9,12-13,15,18,21-25,28,31,34-36H,6-7,10-11,14H2,1-5H3,(H,32,37)/t15-,18-,21+,22?,23-,24+,25+,28+/m0/s1. The Kier molecular flexibility index (Phi) is 9.33. The number of hydrogen-bond acceptors (Lipinski definition) is 8. The van der Waals surface area contributed by atoms with Crippen molar-refractivity contribution in [2.75, 3.05) is 20.2 Å². The molecule has 4 rings (SSSR count). The van der Waals surface area contributed by atoms with Gasteiger partial charge in [0.2, 0.25) is 11.8 Å². The normalized spacial score (nSPS) is 30.0. The molecule has 40 heavy (non-hydrogen) atoms. The summed E-state index contributed by atoms with van der Waals surface area (Å²) in [5.41, 5.74) is 1.70. The maximum Gasteiger partial charge on any atom is 0.245 e. The predicted molar refractivity (Wildman–Crippen MR) is 145 cm³/mol. The zero-order chi connectivity index (χ0) is 29.4. The van der Waals surface area contributed by atoms with Crippen molar-refractivity contribution in [3.8, 4) is 0 Å². The number of carbonyl (C=O) groups excluding carboxylic acids is 2. The maximum absolute atomic E-state index is 14.3. The van der Waals surface area contributed by atoms with Gasteiger partial charge in [-0.15, -0.1) is 0 Å². The summed E-state index contributed by atoms with van der Waals surface area (Å²) >= 11 is 0. The number of aliphatic hydroxyl groups is 3. The van der Waals surface area contributed by atoms with Crippen LogP contribution in [0.15, 0.2) is 24.3 Å². The molecule has 10 nitrogen and oxygen atoms in total. The molecule has 0 bridgehead atoms. The lowest BCUT2D eigenvalue weighted by Crippen LogP contribution is -2.58. The molecule has 8 atom stereocenters. The van der Waals surface area contributed by atoms with Gasteiger partial charge in [-0.1, -0.05) is 26.8 Å². The number of amides is 2. The summed E-state index contributed by atoms with van der Waals surface area (Å²) in [5, 5.41) is 36.0. The average Bonchev–Trinajstić information content (AvgIpc) is 3.50. The Labute approximate surface area is 234 Å². The van der Waals surface area contributed by atoms with E-state index >= 15 is 0 Å². The number of ether oxygens (including phenoxy) is 2. The summed E-state index contributed by atoms with van der Waals surface area (Å²) in [6.07, 6.45) is -2.18. The Hall–Kier alpha value is -2.41. The lowest BCUT2D eigenvalue weighted by Gasteiger charge is -2.36. The van der Waals surface area contributed by atoms with Gasteiger partial charge in [-0.25, -0.2) is 4.39 Å². The van der Waals surface area contributed by atoms with Crippen LogP contribution in [-0.2, 0) is 19.1 Å². The van der Waals surface area contributed by atoms with E-state index in [2.05, 4.69) is 10.6 Å². The minimum atomic E-state index is -1.48. The maximum atomic E-state index is 14.3. The van der Waals surface area contributed by atoms with Gasteiger partial charge >= 0.3 is 0 Å². The minimum absolute atomic E-state index is 0.132. The number of hydrogen-bond donors (Lipinski definition) is 5. The molecule has 1 aromatic carbocycles. The lowest BCUT2D eigenvalue weighted by atomic mass is 9.85. The van der Waals surface area contributed by atoms with Crippen molar-refractivity contribution in [1.82, 2.24) is 15.5 Å². The summed E-state index contributed by atoms with van der Waals surface area (Å²) in [5.74, 6) is -0.825. The van der Waals surface area contributed by atoms with Gasteiger partial charge in [0.05, 0.1) is 12.6 Å². The predicted octanol–water partition coefficient (Wildman–Crippen LogP) is 1.24. The monoisotopic (exact) mass is 563 g/mol. The molecule has 2 heterocycles. The summed E-state index contributed by atoms with van der Waals surface area (Å²) in [6.45, 7) is 7.88. The van der Waals surface area contributed by atoms with Gasteiger partial charge < -0.3 is 40.3 Å². The largest absolute Gasteiger partial charge is 0.388 e. The van der Waals surface area contributed by atoms with Gasteiger partial charge in [-0.3, -0.25) is 9.59 Å². The van der Waals surface area contributed by atoms with Crippen molar-refractivity contribution in [1.29, 1.82) is 0 Å². The fourth-order valence-electron chi connectivity index (χ4n) is 5.56. The third kappa shape index (κ3) is 6.40. The van der Waals surface area contributed by atoms with Crippen molar-refractivity contribution < 1.29 is 38.8 Å². The average molecular weight is 564 g/mol. The van der Waals surface area contributed by atoms with E-state index in [-0.39, 0.29) is 24.5 Å². The Morgan fingerprint density at radius 1 is 1.23 bits per heavy atom. The van der Waals surface area contributed by atoms with Crippen LogP contribution >= 0.6 is 0 Å². The van der Waals surface area contributed by atoms with Gasteiger partial charge in [-0.2, -0.15) is 0 Å². The molecule has 5 N–H and O–H groups in total. The number of fused-ring (bicyclic) bond motifs is 1. The highest BCUT2D eigenvalue weighted by Crippen LogP contribution is 2.42. The molecule has 0 aromatic heterocycles. The van der Waals surface area contributed by atoms with Gasteiger partial charge in [0.25, 0.3) is 0 Å². The molecule has 222 valence electrons. The number of benzene rings is 1. The van der Waals surface area contributed by atoms with Crippen molar-refractivity contribution in [2.24, 2.45) is 5.41 Å². The molecule has 1 aliphatic carbocycles. The van der Waals surface area contributed by atoms with Crippen LogP contribution in [0.1, 0.15) is 64.2 Å². The number of likely N-dealkylation sites (tertiary alicyclic amines) is 1. The van der Waals surface area contributed by atoms with Crippen LogP contribution < -0.4 is 10.6 Å². The first kappa shape index (κ1) is 30.5. The van der Waals surface area contributed by atoms with Crippen LogP contribution in [0, 0.1) is 11.2 Å². The first-order chi connectivity index (χ1) is 18.8. The van der Waals surface area contributed by atoms with Gasteiger partial charge in [0.15, 0.2) is 6.29 Å². The Bertz CT molecular complexity index is 1120. The molecular formula is C29H42FN3O7. The number of carbonyl (C=O) groups is 2. The Morgan fingerprint density at radius 3 is 2.62 bits per heavy atom. The van der Waals surface area contributed by atoms with Crippen LogP contribution in [0.2, 0.25) is 0 Å². The molecule has 2 aliphatic heterocycles. The molecule has 2 amide bonds. The van der Waals surface area contributed by atoms with Crippen molar-refractivity contribution in [3.05, 3.63) is 41.2 Å². The fourth-order valence-corrected chi connectivity index (χ4v) is 5.56. The van der Waals surface area contributed by atoms with E-state index in [4.69, 9.17) is 9.47 Å². The van der Waals surface area contributed by atoms with Crippen LogP contribution in [-0.4, -0.2) is 95.0 Å². The molecule has 2 fully saturated rings. The van der Waals surface area contributed by atoms with E-state index in [1.807, 2.05) is 31.7 Å². The van der Waals surface area contributed by atoms with E-state index in [0.29, 0.717) is 18.5 Å². The van der Waals surface area contributed by atoms with Crippen molar-refractivity contribution in [2.45, 2.75) is 95.8 Å². The first-order valence-electron chi connectivity index (χ1n) is 13.9. The van der Waals surface area contributed by atoms with Gasteiger partial charge in [0.1, 0.15) is 36.3 Å². The molecule has 0 radical (unpaired) electrons. The fraction of sp³-hybridized carbons (Fsp3) is 0.655. The van der Waals surface area contributed by atoms with Gasteiger partial charge in [0, 0.05) is 12.6 Å². The van der Waals surface area contributed by atoms with Crippen molar-refractivity contribution >= 4 is 17.4 Å². The van der Waals surface area contributed by atoms with E-state index in [1.165, 1.54) is 12.1 Å². The van der Waals surface area contributed by atoms with E-state index in [1.54, 1.807) is 20.0 Å². The number of likely N-dealkylation sites (N-methyl/N-ethyl adjacent to an activating group) is 1. The molecule has 2 saturated heterocycles. The quantitative estimate of drug-likeness (QED) is 0.318. The van der Waals surface area contributed by atoms with E-state index < -0.39 is 54.0 Å². The molecule has 1 aromatic rings. The molecule has 11 heteroatoms. The zero-order valence-electron chi connectivity index (χ0n) is 23.8. The third-order valence-corrected chi connectivity index (χ3v) is 8.10. The SMILES string of the molecule is CN[C@@H](C)C(=O)N[C@H](C(=O)N1CCC[C@H]1CC1=CC(O[C@H]2OC[C@@H](O)[C@H](O)[C@H]2O)c2cc(F)ccc21)C(C)(C)C. The minimum Gasteiger partial charge on any atom is -0.388 e. The highest BCUT2D eigenvalue weighted by molar-refractivity contribution is 5.90. The zero-order valence-corrected chi connectivity index (χ0v) is 23.8. The summed E-state index contributed by atoms with van der Waals surface area (Å²) in [4.78, 5) is 28.4. The molecule has 0 spiro atoms. The summed E-state index contributed by atoms with van der Waals surface area (Å²) in [6, 6.07) is 3.13. The number of aliphatic hydroxyl groups excluding tert-OH is 3. The number of nitrogens with one attached hydrogen (secondary N) is 2. The summed E-state index contributed by atoms with van der Waals surface area (Å²) in [7, 11) is 1.69. The van der Waals surface area contributed by atoms with Gasteiger partial charge in [-0.05, 0) is 73.6 Å². The number of halogens is 1. The smallest absolute Gasteiger partial charge is 0.245 e. The number of rotatable bonds is 8. The molecule has 1 unspecified atom stereocenters. The molecular weight excluding hydrogens is 521 g/mol. The lowest BCUT2D eigenvalue weighted by molar-refractivity contribution is -0.278. The molecule has 3 aliphatic rings. The topological polar surface area (TPSA) is 141 Å². The van der Waals surface area contributed by atoms with E-state index in [0.717, 1.165) is 24.0 Å². The second-order valence-corrected chi connectivity index (χ2v) is 12.1. The van der Waals surface area contributed by atoms with Crippen LogP contribution in [0.25, 0.3) is 5.57 Å². The number of nitrogens with zero attached hydrogens (tertiary/aromatic N) is 1. The second-order valence-electron chi connectivity index (χ2n) is 12.1.